The first-order valence-electron chi connectivity index (χ1n) is 7.09. The highest BCUT2D eigenvalue weighted by Crippen LogP contribution is 2.16. The molecule has 0 spiro atoms. The molecule has 6 heteroatoms. The number of amides is 2. The highest BCUT2D eigenvalue weighted by atomic mass is 16.2. The summed E-state index contributed by atoms with van der Waals surface area (Å²) in [4.78, 5) is 27.4. The molecule has 0 saturated carbocycles. The van der Waals surface area contributed by atoms with Gasteiger partial charge in [-0.05, 0) is 19.8 Å². The predicted molar refractivity (Wildman–Crippen MR) is 72.4 cm³/mol. The largest absolute Gasteiger partial charge is 0.369 e. The van der Waals surface area contributed by atoms with Crippen molar-refractivity contribution in [3.8, 4) is 0 Å². The Labute approximate surface area is 114 Å². The van der Waals surface area contributed by atoms with Crippen LogP contribution >= 0.6 is 0 Å². The Morgan fingerprint density at radius 3 is 2.79 bits per heavy atom. The smallest absolute Gasteiger partial charge is 0.236 e. The van der Waals surface area contributed by atoms with Gasteiger partial charge in [-0.25, -0.2) is 0 Å². The zero-order chi connectivity index (χ0) is 13.8. The van der Waals surface area contributed by atoms with E-state index in [1.807, 2.05) is 0 Å². The second-order valence-corrected chi connectivity index (χ2v) is 5.67. The number of piperidine rings is 1. The van der Waals surface area contributed by atoms with Crippen LogP contribution in [0.4, 0.5) is 0 Å². The number of carbonyl (C=O) groups excluding carboxylic acids is 2. The Balaban J connectivity index is 1.83. The van der Waals surface area contributed by atoms with Crippen molar-refractivity contribution in [3.63, 3.8) is 0 Å². The average Bonchev–Trinajstić information content (AvgIpc) is 2.39. The van der Waals surface area contributed by atoms with Crippen molar-refractivity contribution >= 4 is 11.8 Å². The van der Waals surface area contributed by atoms with Gasteiger partial charge in [-0.3, -0.25) is 14.5 Å². The molecule has 0 bridgehead atoms. The third-order valence-electron chi connectivity index (χ3n) is 3.99. The summed E-state index contributed by atoms with van der Waals surface area (Å²) in [6, 6.07) is 0.432. The zero-order valence-corrected chi connectivity index (χ0v) is 11.6. The van der Waals surface area contributed by atoms with Gasteiger partial charge in [0.2, 0.25) is 11.8 Å². The van der Waals surface area contributed by atoms with Gasteiger partial charge in [0, 0.05) is 38.8 Å². The Bertz CT molecular complexity index is 348. The van der Waals surface area contributed by atoms with E-state index in [1.54, 1.807) is 4.90 Å². The highest BCUT2D eigenvalue weighted by molar-refractivity contribution is 5.81. The van der Waals surface area contributed by atoms with Crippen LogP contribution in [0.3, 0.4) is 0 Å². The molecule has 0 aromatic carbocycles. The number of piperazine rings is 1. The number of nitrogens with one attached hydrogen (secondary N) is 1. The predicted octanol–water partition coefficient (Wildman–Crippen LogP) is -0.996. The number of likely N-dealkylation sites (tertiary alicyclic amines) is 1. The van der Waals surface area contributed by atoms with Crippen LogP contribution in [0, 0.1) is 5.92 Å². The molecular formula is C13H24N4O2. The molecule has 2 aliphatic heterocycles. The van der Waals surface area contributed by atoms with Crippen molar-refractivity contribution in [1.82, 2.24) is 15.1 Å². The van der Waals surface area contributed by atoms with Gasteiger partial charge < -0.3 is 16.0 Å². The van der Waals surface area contributed by atoms with E-state index in [1.165, 1.54) is 0 Å². The van der Waals surface area contributed by atoms with Gasteiger partial charge in [-0.1, -0.05) is 0 Å². The minimum Gasteiger partial charge on any atom is -0.369 e. The van der Waals surface area contributed by atoms with Crippen molar-refractivity contribution in [2.24, 2.45) is 11.7 Å². The van der Waals surface area contributed by atoms with Crippen LogP contribution in [0.2, 0.25) is 0 Å². The number of hydrogen-bond donors (Lipinski definition) is 2. The van der Waals surface area contributed by atoms with Gasteiger partial charge in [0.05, 0.1) is 12.5 Å². The van der Waals surface area contributed by atoms with Crippen LogP contribution in [-0.4, -0.2) is 66.9 Å². The molecule has 0 aromatic rings. The molecule has 2 atom stereocenters. The number of nitrogens with two attached hydrogens (primary N) is 1. The second kappa shape index (κ2) is 6.34. The fourth-order valence-corrected chi connectivity index (χ4v) is 2.88. The summed E-state index contributed by atoms with van der Waals surface area (Å²) in [5.41, 5.74) is 5.34. The fourth-order valence-electron chi connectivity index (χ4n) is 2.88. The van der Waals surface area contributed by atoms with Crippen molar-refractivity contribution in [3.05, 3.63) is 0 Å². The fraction of sp³-hybridized carbons (Fsp3) is 0.846. The minimum atomic E-state index is -0.284. The number of carbonyl (C=O) groups is 2. The van der Waals surface area contributed by atoms with Gasteiger partial charge in [0.1, 0.15) is 0 Å². The molecule has 2 fully saturated rings. The summed E-state index contributed by atoms with van der Waals surface area (Å²) < 4.78 is 0. The summed E-state index contributed by atoms with van der Waals surface area (Å²) in [7, 11) is 0. The molecule has 2 amide bonds. The van der Waals surface area contributed by atoms with E-state index in [0.717, 1.165) is 39.0 Å². The maximum atomic E-state index is 12.3. The van der Waals surface area contributed by atoms with E-state index in [-0.39, 0.29) is 17.7 Å². The van der Waals surface area contributed by atoms with Crippen LogP contribution in [-0.2, 0) is 9.59 Å². The van der Waals surface area contributed by atoms with Gasteiger partial charge >= 0.3 is 0 Å². The SMILES string of the molecule is C[C@@H]1CN(CC(=O)N2CCCC(C(N)=O)C2)CCN1. The van der Waals surface area contributed by atoms with Crippen molar-refractivity contribution < 1.29 is 9.59 Å². The van der Waals surface area contributed by atoms with E-state index in [2.05, 4.69) is 17.1 Å². The molecule has 2 saturated heterocycles. The summed E-state index contributed by atoms with van der Waals surface area (Å²) in [5, 5.41) is 3.36. The van der Waals surface area contributed by atoms with Crippen molar-refractivity contribution in [1.29, 1.82) is 0 Å². The summed E-state index contributed by atoms with van der Waals surface area (Å²) >= 11 is 0. The summed E-state index contributed by atoms with van der Waals surface area (Å²) in [6.07, 6.45) is 1.68. The van der Waals surface area contributed by atoms with Gasteiger partial charge in [0.25, 0.3) is 0 Å². The minimum absolute atomic E-state index is 0.125. The van der Waals surface area contributed by atoms with Crippen LogP contribution in [0.1, 0.15) is 19.8 Å². The van der Waals surface area contributed by atoms with Crippen LogP contribution in [0.25, 0.3) is 0 Å². The molecule has 2 heterocycles. The van der Waals surface area contributed by atoms with Gasteiger partial charge in [-0.15, -0.1) is 0 Å². The lowest BCUT2D eigenvalue weighted by Crippen LogP contribution is -2.53. The molecule has 108 valence electrons. The number of primary amides is 1. The molecule has 0 aliphatic carbocycles. The average molecular weight is 268 g/mol. The lowest BCUT2D eigenvalue weighted by molar-refractivity contribution is -0.136. The monoisotopic (exact) mass is 268 g/mol. The Morgan fingerprint density at radius 2 is 2.11 bits per heavy atom. The molecule has 6 nitrogen and oxygen atoms in total. The normalized spacial score (nSPS) is 29.2. The second-order valence-electron chi connectivity index (χ2n) is 5.67. The molecule has 0 radical (unpaired) electrons. The topological polar surface area (TPSA) is 78.7 Å². The lowest BCUT2D eigenvalue weighted by Gasteiger charge is -2.35. The summed E-state index contributed by atoms with van der Waals surface area (Å²) in [5.74, 6) is -0.326. The standard InChI is InChI=1S/C13H24N4O2/c1-10-7-16(6-4-15-10)9-12(18)17-5-2-3-11(8-17)13(14)19/h10-11,15H,2-9H2,1H3,(H2,14,19)/t10-,11?/m1/s1. The van der Waals surface area contributed by atoms with Gasteiger partial charge in [0.15, 0.2) is 0 Å². The Morgan fingerprint density at radius 1 is 1.32 bits per heavy atom. The first-order valence-corrected chi connectivity index (χ1v) is 7.09. The number of nitrogens with zero attached hydrogens (tertiary/aromatic N) is 2. The molecular weight excluding hydrogens is 244 g/mol. The molecule has 3 N–H and O–H groups in total. The van der Waals surface area contributed by atoms with Crippen LogP contribution in [0.15, 0.2) is 0 Å². The summed E-state index contributed by atoms with van der Waals surface area (Å²) in [6.45, 7) is 6.57. The van der Waals surface area contributed by atoms with Crippen LogP contribution in [0.5, 0.6) is 0 Å². The third-order valence-corrected chi connectivity index (χ3v) is 3.99. The molecule has 2 aliphatic rings. The highest BCUT2D eigenvalue weighted by Gasteiger charge is 2.28. The quantitative estimate of drug-likeness (QED) is 0.688. The zero-order valence-electron chi connectivity index (χ0n) is 11.6. The first kappa shape index (κ1) is 14.3. The van der Waals surface area contributed by atoms with E-state index >= 15 is 0 Å². The van der Waals surface area contributed by atoms with Crippen molar-refractivity contribution in [2.45, 2.75) is 25.8 Å². The molecule has 1 unspecified atom stereocenters. The maximum Gasteiger partial charge on any atom is 0.236 e. The molecule has 19 heavy (non-hydrogen) atoms. The van der Waals surface area contributed by atoms with E-state index in [4.69, 9.17) is 5.73 Å². The van der Waals surface area contributed by atoms with Crippen LogP contribution < -0.4 is 11.1 Å². The first-order chi connectivity index (χ1) is 9.06. The molecule has 0 aromatic heterocycles. The van der Waals surface area contributed by atoms with Crippen molar-refractivity contribution in [2.75, 3.05) is 39.3 Å². The van der Waals surface area contributed by atoms with E-state index in [0.29, 0.717) is 19.1 Å². The van der Waals surface area contributed by atoms with Gasteiger partial charge in [-0.2, -0.15) is 0 Å². The maximum absolute atomic E-state index is 12.3. The number of rotatable bonds is 3. The van der Waals surface area contributed by atoms with E-state index in [9.17, 15) is 9.59 Å². The molecule has 2 rings (SSSR count). The lowest BCUT2D eigenvalue weighted by atomic mass is 9.97. The Kier molecular flexibility index (Phi) is 4.76. The Hall–Kier alpha value is -1.14. The third kappa shape index (κ3) is 3.91. The number of hydrogen-bond acceptors (Lipinski definition) is 4. The van der Waals surface area contributed by atoms with E-state index < -0.39 is 0 Å².